The Labute approximate surface area is 99.5 Å². The minimum absolute atomic E-state index is 0.0691. The third-order valence-corrected chi connectivity index (χ3v) is 3.23. The van der Waals surface area contributed by atoms with Crippen LogP contribution in [0, 0.1) is 5.82 Å². The minimum atomic E-state index is -0.305. The Hall–Kier alpha value is -1.71. The molecule has 0 spiro atoms. The highest BCUT2D eigenvalue weighted by molar-refractivity contribution is 5.45. The summed E-state index contributed by atoms with van der Waals surface area (Å²) in [5.74, 6) is 0.353. The van der Waals surface area contributed by atoms with Gasteiger partial charge in [0.1, 0.15) is 12.0 Å². The fraction of sp³-hybridized carbons (Fsp3) is 0.385. The molecule has 1 aliphatic carbocycles. The van der Waals surface area contributed by atoms with E-state index in [-0.39, 0.29) is 17.5 Å². The average Bonchev–Trinajstić information content (AvgIpc) is 2.76. The fourth-order valence-corrected chi connectivity index (χ4v) is 2.38. The highest BCUT2D eigenvalue weighted by Gasteiger charge is 2.30. The van der Waals surface area contributed by atoms with Crippen molar-refractivity contribution in [2.75, 3.05) is 14.2 Å². The predicted octanol–water partition coefficient (Wildman–Crippen LogP) is 2.91. The molecule has 0 heterocycles. The summed E-state index contributed by atoms with van der Waals surface area (Å²) < 4.78 is 24.0. The van der Waals surface area contributed by atoms with Crippen molar-refractivity contribution in [3.8, 4) is 5.75 Å². The van der Waals surface area contributed by atoms with Gasteiger partial charge in [0.15, 0.2) is 11.6 Å². The van der Waals surface area contributed by atoms with Gasteiger partial charge in [0.25, 0.3) is 0 Å². The molecule has 2 rings (SSSR count). The first-order valence-electron chi connectivity index (χ1n) is 5.46. The second kappa shape index (κ2) is 4.65. The molecule has 0 aliphatic heterocycles. The van der Waals surface area contributed by atoms with Gasteiger partial charge < -0.3 is 14.6 Å². The number of allylic oxidation sites excluding steroid dienone is 1. The molecular formula is C13H15FO3. The molecule has 1 aromatic carbocycles. The van der Waals surface area contributed by atoms with Gasteiger partial charge in [0, 0.05) is 5.92 Å². The third kappa shape index (κ3) is 1.84. The van der Waals surface area contributed by atoms with E-state index in [1.165, 1.54) is 14.2 Å². The second-order valence-corrected chi connectivity index (χ2v) is 3.98. The first-order valence-corrected chi connectivity index (χ1v) is 5.46. The van der Waals surface area contributed by atoms with E-state index in [0.29, 0.717) is 17.7 Å². The van der Waals surface area contributed by atoms with E-state index in [1.54, 1.807) is 6.07 Å². The molecule has 1 aliphatic rings. The van der Waals surface area contributed by atoms with Crippen molar-refractivity contribution >= 4 is 0 Å². The van der Waals surface area contributed by atoms with Crippen LogP contribution >= 0.6 is 0 Å². The smallest absolute Gasteiger partial charge is 0.168 e. The van der Waals surface area contributed by atoms with E-state index in [2.05, 4.69) is 0 Å². The SMILES string of the molecule is COC(=CO)C1CCc2c1ccc(OC)c2F. The molecule has 17 heavy (non-hydrogen) atoms. The Kier molecular flexibility index (Phi) is 3.22. The van der Waals surface area contributed by atoms with Crippen LogP contribution < -0.4 is 4.74 Å². The topological polar surface area (TPSA) is 38.7 Å². The Balaban J connectivity index is 2.43. The number of ether oxygens (including phenoxy) is 2. The largest absolute Gasteiger partial charge is 0.512 e. The van der Waals surface area contributed by atoms with Crippen LogP contribution in [0.2, 0.25) is 0 Å². The van der Waals surface area contributed by atoms with E-state index in [9.17, 15) is 4.39 Å². The molecule has 4 heteroatoms. The number of methoxy groups -OCH3 is 2. The number of aliphatic hydroxyl groups excluding tert-OH is 1. The molecule has 1 aromatic rings. The van der Waals surface area contributed by atoms with Crippen LogP contribution in [0.25, 0.3) is 0 Å². The molecule has 0 fully saturated rings. The number of rotatable bonds is 3. The molecule has 1 N–H and O–H groups in total. The molecule has 1 unspecified atom stereocenters. The quantitative estimate of drug-likeness (QED) is 0.823. The lowest BCUT2D eigenvalue weighted by atomic mass is 9.99. The zero-order valence-corrected chi connectivity index (χ0v) is 9.87. The van der Waals surface area contributed by atoms with E-state index >= 15 is 0 Å². The van der Waals surface area contributed by atoms with Crippen molar-refractivity contribution in [2.24, 2.45) is 0 Å². The molecule has 0 amide bonds. The molecule has 0 saturated carbocycles. The maximum Gasteiger partial charge on any atom is 0.168 e. The predicted molar refractivity (Wildman–Crippen MR) is 61.7 cm³/mol. The van der Waals surface area contributed by atoms with Crippen molar-refractivity contribution in [1.29, 1.82) is 0 Å². The second-order valence-electron chi connectivity index (χ2n) is 3.98. The first kappa shape index (κ1) is 11.8. The summed E-state index contributed by atoms with van der Waals surface area (Å²) in [5.41, 5.74) is 1.52. The lowest BCUT2D eigenvalue weighted by Crippen LogP contribution is -2.01. The van der Waals surface area contributed by atoms with Gasteiger partial charge in [-0.25, -0.2) is 4.39 Å². The summed E-state index contributed by atoms with van der Waals surface area (Å²) in [4.78, 5) is 0. The Morgan fingerprint density at radius 1 is 1.47 bits per heavy atom. The summed E-state index contributed by atoms with van der Waals surface area (Å²) in [7, 11) is 2.95. The number of fused-ring (bicyclic) bond motifs is 1. The van der Waals surface area contributed by atoms with Crippen molar-refractivity contribution in [1.82, 2.24) is 0 Å². The summed E-state index contributed by atoms with van der Waals surface area (Å²) in [6, 6.07) is 3.44. The maximum atomic E-state index is 14.0. The van der Waals surface area contributed by atoms with Crippen LogP contribution in [-0.2, 0) is 11.2 Å². The number of aliphatic hydroxyl groups is 1. The zero-order chi connectivity index (χ0) is 12.4. The number of benzene rings is 1. The molecule has 92 valence electrons. The Morgan fingerprint density at radius 3 is 2.82 bits per heavy atom. The monoisotopic (exact) mass is 238 g/mol. The zero-order valence-electron chi connectivity index (χ0n) is 9.87. The number of hydrogen-bond donors (Lipinski definition) is 1. The van der Waals surface area contributed by atoms with Gasteiger partial charge in [-0.15, -0.1) is 0 Å². The van der Waals surface area contributed by atoms with Crippen LogP contribution in [0.1, 0.15) is 23.5 Å². The molecule has 1 atom stereocenters. The summed E-state index contributed by atoms with van der Waals surface area (Å²) in [6.07, 6.45) is 2.31. The molecule has 0 bridgehead atoms. The van der Waals surface area contributed by atoms with Crippen LogP contribution in [0.5, 0.6) is 5.75 Å². The standard InChI is InChI=1S/C13H15FO3/c1-16-11-6-5-8-9(12(7-15)17-2)3-4-10(8)13(11)14/h5-7,9,15H,3-4H2,1-2H3. The Morgan fingerprint density at radius 2 is 2.24 bits per heavy atom. The summed E-state index contributed by atoms with van der Waals surface area (Å²) in [6.45, 7) is 0. The van der Waals surface area contributed by atoms with Gasteiger partial charge in [-0.1, -0.05) is 6.07 Å². The van der Waals surface area contributed by atoms with Crippen LogP contribution in [0.3, 0.4) is 0 Å². The highest BCUT2D eigenvalue weighted by Crippen LogP contribution is 2.41. The van der Waals surface area contributed by atoms with E-state index in [0.717, 1.165) is 18.2 Å². The normalized spacial score (nSPS) is 19.0. The fourth-order valence-electron chi connectivity index (χ4n) is 2.38. The lowest BCUT2D eigenvalue weighted by molar-refractivity contribution is 0.244. The van der Waals surface area contributed by atoms with E-state index in [4.69, 9.17) is 14.6 Å². The van der Waals surface area contributed by atoms with Crippen LogP contribution in [-0.4, -0.2) is 19.3 Å². The summed E-state index contributed by atoms with van der Waals surface area (Å²) >= 11 is 0. The molecule has 0 saturated heterocycles. The molecular weight excluding hydrogens is 223 g/mol. The number of halogens is 1. The van der Waals surface area contributed by atoms with Crippen LogP contribution in [0.4, 0.5) is 4.39 Å². The van der Waals surface area contributed by atoms with Crippen molar-refractivity contribution in [2.45, 2.75) is 18.8 Å². The first-order chi connectivity index (χ1) is 8.22. The molecule has 3 nitrogen and oxygen atoms in total. The van der Waals surface area contributed by atoms with Gasteiger partial charge >= 0.3 is 0 Å². The lowest BCUT2D eigenvalue weighted by Gasteiger charge is -2.14. The average molecular weight is 238 g/mol. The van der Waals surface area contributed by atoms with E-state index in [1.807, 2.05) is 6.07 Å². The van der Waals surface area contributed by atoms with E-state index < -0.39 is 0 Å². The van der Waals surface area contributed by atoms with Gasteiger partial charge in [-0.2, -0.15) is 0 Å². The molecule has 0 aromatic heterocycles. The van der Waals surface area contributed by atoms with Crippen molar-refractivity contribution in [3.63, 3.8) is 0 Å². The van der Waals surface area contributed by atoms with Crippen LogP contribution in [0.15, 0.2) is 24.2 Å². The third-order valence-electron chi connectivity index (χ3n) is 3.23. The van der Waals surface area contributed by atoms with Crippen molar-refractivity contribution < 1.29 is 19.0 Å². The van der Waals surface area contributed by atoms with Gasteiger partial charge in [-0.3, -0.25) is 0 Å². The van der Waals surface area contributed by atoms with Gasteiger partial charge in [-0.05, 0) is 30.0 Å². The summed E-state index contributed by atoms with van der Waals surface area (Å²) in [5, 5.41) is 9.08. The number of hydrogen-bond acceptors (Lipinski definition) is 3. The minimum Gasteiger partial charge on any atom is -0.512 e. The van der Waals surface area contributed by atoms with Crippen molar-refractivity contribution in [3.05, 3.63) is 41.1 Å². The van der Waals surface area contributed by atoms with Gasteiger partial charge in [0.2, 0.25) is 0 Å². The van der Waals surface area contributed by atoms with Gasteiger partial charge in [0.05, 0.1) is 14.2 Å². The maximum absolute atomic E-state index is 14.0. The Bertz CT molecular complexity index is 454. The molecule has 0 radical (unpaired) electrons. The highest BCUT2D eigenvalue weighted by atomic mass is 19.1.